The molecule has 0 fully saturated rings. The van der Waals surface area contributed by atoms with E-state index in [1.165, 1.54) is 0 Å². The lowest BCUT2D eigenvalue weighted by molar-refractivity contribution is 0.0492. The van der Waals surface area contributed by atoms with Crippen molar-refractivity contribution in [2.75, 3.05) is 26.9 Å². The standard InChI is InChI=1S/C12H29NO3Si/c1-6-9-14-17(12(4)13-5,15-10-7-2)16-11-8-3/h12-13H,6-11H2,1-5H3. The molecule has 0 aromatic heterocycles. The van der Waals surface area contributed by atoms with E-state index in [9.17, 15) is 0 Å². The topological polar surface area (TPSA) is 39.7 Å². The molecule has 0 radical (unpaired) electrons. The molecule has 4 nitrogen and oxygen atoms in total. The number of nitrogens with one attached hydrogen (secondary N) is 1. The molecule has 104 valence electrons. The van der Waals surface area contributed by atoms with Gasteiger partial charge >= 0.3 is 8.80 Å². The molecule has 0 saturated carbocycles. The maximum absolute atomic E-state index is 5.97. The molecular formula is C12H29NO3Si. The van der Waals surface area contributed by atoms with Crippen molar-refractivity contribution in [3.05, 3.63) is 0 Å². The van der Waals surface area contributed by atoms with Gasteiger partial charge in [0.1, 0.15) is 0 Å². The molecule has 17 heavy (non-hydrogen) atoms. The van der Waals surface area contributed by atoms with Gasteiger partial charge in [0.15, 0.2) is 0 Å². The lowest BCUT2D eigenvalue weighted by Gasteiger charge is -2.34. The Hall–Kier alpha value is 0.0569. The molecule has 1 N–H and O–H groups in total. The molecule has 0 aromatic carbocycles. The van der Waals surface area contributed by atoms with Crippen molar-refractivity contribution < 1.29 is 13.3 Å². The van der Waals surface area contributed by atoms with Crippen LogP contribution < -0.4 is 5.32 Å². The largest absolute Gasteiger partial charge is 0.518 e. The van der Waals surface area contributed by atoms with Crippen LogP contribution >= 0.6 is 0 Å². The van der Waals surface area contributed by atoms with Crippen molar-refractivity contribution in [1.82, 2.24) is 5.32 Å². The quantitative estimate of drug-likeness (QED) is 0.581. The number of hydrogen-bond donors (Lipinski definition) is 1. The highest BCUT2D eigenvalue weighted by Crippen LogP contribution is 2.16. The van der Waals surface area contributed by atoms with Crippen LogP contribution in [-0.4, -0.2) is 41.3 Å². The van der Waals surface area contributed by atoms with E-state index in [1.54, 1.807) is 0 Å². The summed E-state index contributed by atoms with van der Waals surface area (Å²) in [6, 6.07) is 0. The molecule has 0 aliphatic carbocycles. The Morgan fingerprint density at radius 1 is 0.882 bits per heavy atom. The molecule has 0 saturated heterocycles. The summed E-state index contributed by atoms with van der Waals surface area (Å²) in [6.07, 6.45) is 2.95. The van der Waals surface area contributed by atoms with E-state index < -0.39 is 8.80 Å². The van der Waals surface area contributed by atoms with Crippen molar-refractivity contribution in [2.45, 2.75) is 52.6 Å². The fourth-order valence-corrected chi connectivity index (χ4v) is 4.23. The first-order valence-electron chi connectivity index (χ1n) is 6.75. The second-order valence-corrected chi connectivity index (χ2v) is 7.10. The van der Waals surface area contributed by atoms with Crippen molar-refractivity contribution in [3.8, 4) is 0 Å². The first-order chi connectivity index (χ1) is 8.16. The van der Waals surface area contributed by atoms with Crippen LogP contribution in [0.3, 0.4) is 0 Å². The van der Waals surface area contributed by atoms with E-state index in [4.69, 9.17) is 13.3 Å². The van der Waals surface area contributed by atoms with Gasteiger partial charge in [-0.2, -0.15) is 0 Å². The minimum atomic E-state index is -2.57. The summed E-state index contributed by atoms with van der Waals surface area (Å²) in [5.41, 5.74) is 0.132. The molecule has 0 aliphatic rings. The van der Waals surface area contributed by atoms with Gasteiger partial charge in [0, 0.05) is 19.8 Å². The summed E-state index contributed by atoms with van der Waals surface area (Å²) >= 11 is 0. The fourth-order valence-electron chi connectivity index (χ4n) is 1.41. The zero-order valence-corrected chi connectivity index (χ0v) is 13.0. The average molecular weight is 263 g/mol. The summed E-state index contributed by atoms with van der Waals surface area (Å²) in [5, 5.41) is 3.22. The van der Waals surface area contributed by atoms with E-state index in [1.807, 2.05) is 7.05 Å². The molecule has 0 aliphatic heterocycles. The van der Waals surface area contributed by atoms with Crippen LogP contribution in [0, 0.1) is 0 Å². The van der Waals surface area contributed by atoms with Crippen molar-refractivity contribution in [3.63, 3.8) is 0 Å². The van der Waals surface area contributed by atoms with Crippen LogP contribution in [0.1, 0.15) is 47.0 Å². The third-order valence-electron chi connectivity index (χ3n) is 2.49. The third-order valence-corrected chi connectivity index (χ3v) is 5.65. The summed E-state index contributed by atoms with van der Waals surface area (Å²) in [5.74, 6) is 0. The predicted molar refractivity (Wildman–Crippen MR) is 73.0 cm³/mol. The molecule has 0 aromatic rings. The van der Waals surface area contributed by atoms with Gasteiger partial charge in [-0.25, -0.2) is 0 Å². The molecule has 0 heterocycles. The van der Waals surface area contributed by atoms with Crippen LogP contribution in [0.4, 0.5) is 0 Å². The Morgan fingerprint density at radius 2 is 1.24 bits per heavy atom. The Bertz CT molecular complexity index is 159. The van der Waals surface area contributed by atoms with Gasteiger partial charge in [0.2, 0.25) is 0 Å². The van der Waals surface area contributed by atoms with Crippen LogP contribution in [0.5, 0.6) is 0 Å². The van der Waals surface area contributed by atoms with E-state index in [0.29, 0.717) is 19.8 Å². The molecule has 0 bridgehead atoms. The maximum Gasteiger partial charge on any atom is 0.518 e. The molecule has 0 spiro atoms. The van der Waals surface area contributed by atoms with E-state index in [-0.39, 0.29) is 5.67 Å². The fraction of sp³-hybridized carbons (Fsp3) is 1.00. The summed E-state index contributed by atoms with van der Waals surface area (Å²) in [7, 11) is -0.650. The average Bonchev–Trinajstić information content (AvgIpc) is 2.37. The lowest BCUT2D eigenvalue weighted by Crippen LogP contribution is -2.60. The summed E-state index contributed by atoms with van der Waals surface area (Å²) in [4.78, 5) is 0. The molecule has 0 amide bonds. The lowest BCUT2D eigenvalue weighted by atomic mass is 10.5. The molecule has 1 atom stereocenters. The molecule has 1 unspecified atom stereocenters. The van der Waals surface area contributed by atoms with Crippen molar-refractivity contribution in [2.24, 2.45) is 0 Å². The van der Waals surface area contributed by atoms with Crippen LogP contribution in [0.15, 0.2) is 0 Å². The van der Waals surface area contributed by atoms with Gasteiger partial charge in [-0.3, -0.25) is 0 Å². The number of rotatable bonds is 11. The predicted octanol–water partition coefficient (Wildman–Crippen LogP) is 2.35. The maximum atomic E-state index is 5.97. The Labute approximate surface area is 107 Å². The van der Waals surface area contributed by atoms with Crippen LogP contribution in [-0.2, 0) is 13.3 Å². The highest BCUT2D eigenvalue weighted by Gasteiger charge is 2.46. The monoisotopic (exact) mass is 263 g/mol. The zero-order chi connectivity index (χ0) is 13.1. The van der Waals surface area contributed by atoms with Gasteiger partial charge in [0.05, 0.1) is 5.67 Å². The first-order valence-corrected chi connectivity index (χ1v) is 8.56. The number of hydrogen-bond acceptors (Lipinski definition) is 4. The third kappa shape index (κ3) is 5.97. The van der Waals surface area contributed by atoms with Gasteiger partial charge < -0.3 is 18.6 Å². The minimum Gasteiger partial charge on any atom is -0.373 e. The van der Waals surface area contributed by atoms with Gasteiger partial charge in [-0.1, -0.05) is 20.8 Å². The minimum absolute atomic E-state index is 0.132. The highest BCUT2D eigenvalue weighted by atomic mass is 28.4. The van der Waals surface area contributed by atoms with Gasteiger partial charge in [0.25, 0.3) is 0 Å². The zero-order valence-electron chi connectivity index (χ0n) is 12.0. The van der Waals surface area contributed by atoms with Gasteiger partial charge in [-0.05, 0) is 33.2 Å². The normalized spacial score (nSPS) is 13.9. The van der Waals surface area contributed by atoms with E-state index in [2.05, 4.69) is 33.0 Å². The van der Waals surface area contributed by atoms with E-state index in [0.717, 1.165) is 19.3 Å². The first kappa shape index (κ1) is 17.1. The Kier molecular flexibility index (Phi) is 10.1. The second kappa shape index (κ2) is 10.0. The van der Waals surface area contributed by atoms with E-state index >= 15 is 0 Å². The highest BCUT2D eigenvalue weighted by molar-refractivity contribution is 6.62. The summed E-state index contributed by atoms with van der Waals surface area (Å²) in [6.45, 7) is 10.5. The van der Waals surface area contributed by atoms with Crippen molar-refractivity contribution in [1.29, 1.82) is 0 Å². The SMILES string of the molecule is CCCO[Si](OCCC)(OCCC)C(C)NC. The second-order valence-electron chi connectivity index (χ2n) is 4.16. The summed E-state index contributed by atoms with van der Waals surface area (Å²) < 4.78 is 17.9. The van der Waals surface area contributed by atoms with Gasteiger partial charge in [-0.15, -0.1) is 0 Å². The van der Waals surface area contributed by atoms with Crippen LogP contribution in [0.25, 0.3) is 0 Å². The Morgan fingerprint density at radius 3 is 1.47 bits per heavy atom. The van der Waals surface area contributed by atoms with Crippen molar-refractivity contribution >= 4 is 8.80 Å². The Balaban J connectivity index is 4.63. The molecular weight excluding hydrogens is 234 g/mol. The molecule has 0 rings (SSSR count). The molecule has 5 heteroatoms. The smallest absolute Gasteiger partial charge is 0.373 e. The van der Waals surface area contributed by atoms with Crippen LogP contribution in [0.2, 0.25) is 0 Å².